The van der Waals surface area contributed by atoms with Gasteiger partial charge < -0.3 is 10.8 Å². The number of amides is 1. The molecule has 0 heterocycles. The molecule has 16 heavy (non-hydrogen) atoms. The molecule has 86 valence electrons. The molecule has 0 fully saturated rings. The maximum atomic E-state index is 11.4. The first-order valence-electron chi connectivity index (χ1n) is 4.81. The molecule has 0 aromatic heterocycles. The molecular weight excluding hydrogens is 208 g/mol. The van der Waals surface area contributed by atoms with Gasteiger partial charge in [0.15, 0.2) is 0 Å². The minimum atomic E-state index is -1.05. The Morgan fingerprint density at radius 3 is 2.19 bits per heavy atom. The van der Waals surface area contributed by atoms with Gasteiger partial charge in [0, 0.05) is 18.3 Å². The number of carboxylic acid groups (broad SMARTS) is 1. The predicted molar refractivity (Wildman–Crippen MR) is 61.1 cm³/mol. The molecule has 5 nitrogen and oxygen atoms in total. The molecule has 0 aliphatic rings. The molecule has 3 N–H and O–H groups in total. The molecule has 1 aromatic carbocycles. The number of nitrogens with two attached hydrogens (primary N) is 1. The number of rotatable bonds is 3. The average Bonchev–Trinajstić information content (AvgIpc) is 2.20. The van der Waals surface area contributed by atoms with E-state index in [1.807, 2.05) is 0 Å². The summed E-state index contributed by atoms with van der Waals surface area (Å²) in [5, 5.41) is 8.90. The number of carbonyl (C=O) groups excluding carboxylic acids is 1. The summed E-state index contributed by atoms with van der Waals surface area (Å²) in [5.74, 6) is -1.37. The standard InChI is InChI=1S/C11H14N2O3/c1-7(11(15)16)13(8(2)14)10-5-3-9(12)4-6-10/h3-7H,12H2,1-2H3,(H,15,16). The Bertz CT molecular complexity index is 400. The Balaban J connectivity index is 3.07. The van der Waals surface area contributed by atoms with Gasteiger partial charge in [0.1, 0.15) is 6.04 Å². The third-order valence-electron chi connectivity index (χ3n) is 2.26. The molecule has 0 aliphatic carbocycles. The monoisotopic (exact) mass is 222 g/mol. The second kappa shape index (κ2) is 4.65. The summed E-state index contributed by atoms with van der Waals surface area (Å²) in [6.45, 7) is 2.79. The van der Waals surface area contributed by atoms with Crippen molar-refractivity contribution in [1.29, 1.82) is 0 Å². The largest absolute Gasteiger partial charge is 0.480 e. The Morgan fingerprint density at radius 2 is 1.81 bits per heavy atom. The molecule has 0 saturated carbocycles. The minimum absolute atomic E-state index is 0.320. The van der Waals surface area contributed by atoms with Crippen LogP contribution in [0, 0.1) is 0 Å². The highest BCUT2D eigenvalue weighted by Gasteiger charge is 2.24. The van der Waals surface area contributed by atoms with E-state index in [0.717, 1.165) is 0 Å². The molecule has 1 unspecified atom stereocenters. The number of nitrogen functional groups attached to an aromatic ring is 1. The second-order valence-electron chi connectivity index (χ2n) is 3.49. The minimum Gasteiger partial charge on any atom is -0.480 e. The number of nitrogens with zero attached hydrogens (tertiary/aromatic N) is 1. The lowest BCUT2D eigenvalue weighted by molar-refractivity contribution is -0.139. The zero-order valence-corrected chi connectivity index (χ0v) is 9.18. The summed E-state index contributed by atoms with van der Waals surface area (Å²) < 4.78 is 0. The fourth-order valence-corrected chi connectivity index (χ4v) is 1.42. The van der Waals surface area contributed by atoms with Crippen LogP contribution < -0.4 is 10.6 Å². The summed E-state index contributed by atoms with van der Waals surface area (Å²) in [7, 11) is 0. The fourth-order valence-electron chi connectivity index (χ4n) is 1.42. The highest BCUT2D eigenvalue weighted by molar-refractivity contribution is 5.97. The van der Waals surface area contributed by atoms with Crippen molar-refractivity contribution in [3.05, 3.63) is 24.3 Å². The van der Waals surface area contributed by atoms with Gasteiger partial charge in [-0.25, -0.2) is 4.79 Å². The van der Waals surface area contributed by atoms with Crippen LogP contribution in [0.5, 0.6) is 0 Å². The fraction of sp³-hybridized carbons (Fsp3) is 0.273. The molecule has 1 atom stereocenters. The van der Waals surface area contributed by atoms with Crippen LogP contribution in [0.15, 0.2) is 24.3 Å². The third-order valence-corrected chi connectivity index (χ3v) is 2.26. The Labute approximate surface area is 93.5 Å². The Kier molecular flexibility index (Phi) is 3.50. The first-order chi connectivity index (χ1) is 7.43. The van der Waals surface area contributed by atoms with E-state index < -0.39 is 12.0 Å². The van der Waals surface area contributed by atoms with Gasteiger partial charge in [-0.15, -0.1) is 0 Å². The number of anilines is 2. The Morgan fingerprint density at radius 1 is 1.31 bits per heavy atom. The number of benzene rings is 1. The van der Waals surface area contributed by atoms with Crippen molar-refractivity contribution in [3.8, 4) is 0 Å². The van der Waals surface area contributed by atoms with Gasteiger partial charge in [-0.2, -0.15) is 0 Å². The lowest BCUT2D eigenvalue weighted by atomic mass is 10.2. The topological polar surface area (TPSA) is 83.6 Å². The molecule has 1 aromatic rings. The van der Waals surface area contributed by atoms with Crippen LogP contribution >= 0.6 is 0 Å². The quantitative estimate of drug-likeness (QED) is 0.750. The number of carboxylic acids is 1. The van der Waals surface area contributed by atoms with Crippen LogP contribution in [0.1, 0.15) is 13.8 Å². The van der Waals surface area contributed by atoms with Crippen molar-refractivity contribution in [2.75, 3.05) is 10.6 Å². The van der Waals surface area contributed by atoms with Crippen molar-refractivity contribution in [2.24, 2.45) is 0 Å². The van der Waals surface area contributed by atoms with Gasteiger partial charge >= 0.3 is 5.97 Å². The molecule has 5 heteroatoms. The second-order valence-corrected chi connectivity index (χ2v) is 3.49. The summed E-state index contributed by atoms with van der Waals surface area (Å²) in [5.41, 5.74) is 6.61. The van der Waals surface area contributed by atoms with Crippen LogP contribution in [-0.2, 0) is 9.59 Å². The van der Waals surface area contributed by atoms with E-state index in [2.05, 4.69) is 0 Å². The SMILES string of the molecule is CC(=O)N(c1ccc(N)cc1)C(C)C(=O)O. The predicted octanol–water partition coefficient (Wildman–Crippen LogP) is 1.09. The number of hydrogen-bond acceptors (Lipinski definition) is 3. The van der Waals surface area contributed by atoms with Crippen molar-refractivity contribution in [1.82, 2.24) is 0 Å². The maximum absolute atomic E-state index is 11.4. The first kappa shape index (κ1) is 12.0. The average molecular weight is 222 g/mol. The van der Waals surface area contributed by atoms with E-state index in [-0.39, 0.29) is 5.91 Å². The highest BCUT2D eigenvalue weighted by Crippen LogP contribution is 2.19. The van der Waals surface area contributed by atoms with Crippen LogP contribution in [0.25, 0.3) is 0 Å². The van der Waals surface area contributed by atoms with E-state index in [9.17, 15) is 9.59 Å². The number of aliphatic carboxylic acids is 1. The summed E-state index contributed by atoms with van der Waals surface area (Å²) in [4.78, 5) is 23.5. The first-order valence-corrected chi connectivity index (χ1v) is 4.81. The van der Waals surface area contributed by atoms with Crippen LogP contribution in [0.3, 0.4) is 0 Å². The molecule has 1 amide bonds. The lowest BCUT2D eigenvalue weighted by Gasteiger charge is -2.25. The van der Waals surface area contributed by atoms with Gasteiger partial charge in [-0.05, 0) is 31.2 Å². The Hall–Kier alpha value is -2.04. The third kappa shape index (κ3) is 2.50. The highest BCUT2D eigenvalue weighted by atomic mass is 16.4. The van der Waals surface area contributed by atoms with Crippen molar-refractivity contribution >= 4 is 23.3 Å². The van der Waals surface area contributed by atoms with E-state index in [1.54, 1.807) is 24.3 Å². The molecule has 0 radical (unpaired) electrons. The van der Waals surface area contributed by atoms with Gasteiger partial charge in [0.2, 0.25) is 5.91 Å². The molecule has 0 bridgehead atoms. The van der Waals surface area contributed by atoms with E-state index in [4.69, 9.17) is 10.8 Å². The van der Waals surface area contributed by atoms with E-state index in [1.165, 1.54) is 18.7 Å². The van der Waals surface area contributed by atoms with Gasteiger partial charge in [-0.3, -0.25) is 9.69 Å². The van der Waals surface area contributed by atoms with E-state index in [0.29, 0.717) is 11.4 Å². The van der Waals surface area contributed by atoms with Crippen molar-refractivity contribution < 1.29 is 14.7 Å². The number of hydrogen-bond donors (Lipinski definition) is 2. The van der Waals surface area contributed by atoms with Gasteiger partial charge in [0.05, 0.1) is 0 Å². The summed E-state index contributed by atoms with van der Waals surface area (Å²) in [6.07, 6.45) is 0. The van der Waals surface area contributed by atoms with E-state index >= 15 is 0 Å². The van der Waals surface area contributed by atoms with Gasteiger partial charge in [-0.1, -0.05) is 0 Å². The smallest absolute Gasteiger partial charge is 0.326 e. The molecule has 1 rings (SSSR count). The summed E-state index contributed by atoms with van der Waals surface area (Å²) >= 11 is 0. The molecule has 0 spiro atoms. The molecule has 0 saturated heterocycles. The molecule has 0 aliphatic heterocycles. The van der Waals surface area contributed by atoms with Crippen LogP contribution in [0.2, 0.25) is 0 Å². The normalized spacial score (nSPS) is 11.9. The van der Waals surface area contributed by atoms with Crippen LogP contribution in [0.4, 0.5) is 11.4 Å². The maximum Gasteiger partial charge on any atom is 0.326 e. The molecular formula is C11H14N2O3. The van der Waals surface area contributed by atoms with Crippen LogP contribution in [-0.4, -0.2) is 23.0 Å². The summed E-state index contributed by atoms with van der Waals surface area (Å²) in [6, 6.07) is 5.59. The zero-order valence-electron chi connectivity index (χ0n) is 9.18. The lowest BCUT2D eigenvalue weighted by Crippen LogP contribution is -2.42. The van der Waals surface area contributed by atoms with Crippen molar-refractivity contribution in [2.45, 2.75) is 19.9 Å². The van der Waals surface area contributed by atoms with Crippen molar-refractivity contribution in [3.63, 3.8) is 0 Å². The zero-order chi connectivity index (χ0) is 12.3. The number of carbonyl (C=O) groups is 2. The van der Waals surface area contributed by atoms with Gasteiger partial charge in [0.25, 0.3) is 0 Å².